The predicted octanol–water partition coefficient (Wildman–Crippen LogP) is 3.26. The molecule has 0 aliphatic carbocycles. The SMILES string of the molecule is COc1ccc(F)cc1C(Cn1c(=O)n(C(C)(C)C(=O)NC(C)C)c(=O)c2c(C)c(-n3cccn3)sc21)OCC(C)O. The predicted molar refractivity (Wildman–Crippen MR) is 158 cm³/mol. The number of fused-ring (bicyclic) bond motifs is 1. The van der Waals surface area contributed by atoms with Gasteiger partial charge in [0.1, 0.15) is 33.0 Å². The molecule has 3 aromatic heterocycles. The van der Waals surface area contributed by atoms with Crippen molar-refractivity contribution in [2.45, 2.75) is 71.9 Å². The number of carbonyl (C=O) groups excluding carboxylic acids is 1. The number of ether oxygens (including phenoxy) is 2. The summed E-state index contributed by atoms with van der Waals surface area (Å²) in [4.78, 5) is 42.0. The van der Waals surface area contributed by atoms with Gasteiger partial charge in [0.2, 0.25) is 5.91 Å². The number of rotatable bonds is 11. The number of methoxy groups -OCH3 is 1. The lowest BCUT2D eigenvalue weighted by molar-refractivity contribution is -0.129. The van der Waals surface area contributed by atoms with Crippen LogP contribution in [0.2, 0.25) is 0 Å². The molecule has 13 heteroatoms. The molecule has 0 aliphatic rings. The standard InChI is InChI=1S/C29H36FN5O6S/c1-16(2)32-27(38)29(5,6)35-24(37)23-18(4)25(34-12-8-11-31-34)42-26(23)33(28(35)39)14-22(41-15-17(3)36)20-13-19(30)9-10-21(20)40-7/h8-13,16-17,22,36H,14-15H2,1-7H3,(H,32,38). The van der Waals surface area contributed by atoms with Crippen molar-refractivity contribution in [3.8, 4) is 10.8 Å². The molecule has 2 N–H and O–H groups in total. The van der Waals surface area contributed by atoms with E-state index in [9.17, 15) is 23.9 Å². The van der Waals surface area contributed by atoms with Gasteiger partial charge in [-0.25, -0.2) is 18.4 Å². The minimum atomic E-state index is -1.57. The van der Waals surface area contributed by atoms with Gasteiger partial charge in [-0.3, -0.25) is 14.2 Å². The number of nitrogens with one attached hydrogen (secondary N) is 1. The van der Waals surface area contributed by atoms with Crippen LogP contribution < -0.4 is 21.3 Å². The Morgan fingerprint density at radius 1 is 1.24 bits per heavy atom. The van der Waals surface area contributed by atoms with Crippen LogP contribution in [0.5, 0.6) is 5.75 Å². The van der Waals surface area contributed by atoms with Crippen LogP contribution in [-0.2, 0) is 21.6 Å². The third-order valence-electron chi connectivity index (χ3n) is 6.86. The first-order valence-corrected chi connectivity index (χ1v) is 14.3. The maximum absolute atomic E-state index is 14.5. The summed E-state index contributed by atoms with van der Waals surface area (Å²) >= 11 is 1.19. The normalized spacial score (nSPS) is 13.5. The topological polar surface area (TPSA) is 130 Å². The molecule has 11 nitrogen and oxygen atoms in total. The highest BCUT2D eigenvalue weighted by Gasteiger charge is 2.36. The number of nitrogens with zero attached hydrogens (tertiary/aromatic N) is 4. The van der Waals surface area contributed by atoms with Gasteiger partial charge in [0.25, 0.3) is 5.56 Å². The quantitative estimate of drug-likeness (QED) is 0.270. The highest BCUT2D eigenvalue weighted by Crippen LogP contribution is 2.34. The number of hydrogen-bond donors (Lipinski definition) is 2. The molecule has 4 aromatic rings. The number of halogens is 1. The Balaban J connectivity index is 2.03. The molecule has 1 amide bonds. The smallest absolute Gasteiger partial charge is 0.333 e. The molecule has 2 unspecified atom stereocenters. The molecule has 42 heavy (non-hydrogen) atoms. The van der Waals surface area contributed by atoms with Gasteiger partial charge in [-0.2, -0.15) is 5.10 Å². The molecule has 3 heterocycles. The Morgan fingerprint density at radius 2 is 1.95 bits per heavy atom. The zero-order valence-electron chi connectivity index (χ0n) is 24.7. The van der Waals surface area contributed by atoms with Crippen molar-refractivity contribution in [3.05, 3.63) is 74.4 Å². The van der Waals surface area contributed by atoms with Crippen LogP contribution in [0.25, 0.3) is 15.2 Å². The third-order valence-corrected chi connectivity index (χ3v) is 8.16. The molecule has 0 saturated heterocycles. The molecule has 4 rings (SSSR count). The van der Waals surface area contributed by atoms with Crippen molar-refractivity contribution in [1.29, 1.82) is 0 Å². The summed E-state index contributed by atoms with van der Waals surface area (Å²) in [6.07, 6.45) is 1.50. The Morgan fingerprint density at radius 3 is 2.55 bits per heavy atom. The summed E-state index contributed by atoms with van der Waals surface area (Å²) in [6.45, 7) is 9.60. The van der Waals surface area contributed by atoms with Crippen LogP contribution in [-0.4, -0.2) is 55.8 Å². The minimum absolute atomic E-state index is 0.119. The van der Waals surface area contributed by atoms with E-state index in [1.807, 2.05) is 0 Å². The number of carbonyl (C=O) groups is 1. The van der Waals surface area contributed by atoms with Crippen LogP contribution in [0.1, 0.15) is 51.8 Å². The number of aryl methyl sites for hydroxylation is 1. The summed E-state index contributed by atoms with van der Waals surface area (Å²) in [5.41, 5.74) is -2.04. The Labute approximate surface area is 246 Å². The van der Waals surface area contributed by atoms with E-state index in [4.69, 9.17) is 9.47 Å². The van der Waals surface area contributed by atoms with Crippen molar-refractivity contribution in [1.82, 2.24) is 24.2 Å². The van der Waals surface area contributed by atoms with Crippen molar-refractivity contribution in [2.75, 3.05) is 13.7 Å². The summed E-state index contributed by atoms with van der Waals surface area (Å²) in [6, 6.07) is 5.45. The van der Waals surface area contributed by atoms with Gasteiger partial charge in [0, 0.05) is 29.6 Å². The van der Waals surface area contributed by atoms with Gasteiger partial charge in [-0.15, -0.1) is 0 Å². The number of hydrogen-bond acceptors (Lipinski definition) is 8. The largest absolute Gasteiger partial charge is 0.496 e. The van der Waals surface area contributed by atoms with E-state index >= 15 is 0 Å². The van der Waals surface area contributed by atoms with Gasteiger partial charge in [-0.1, -0.05) is 11.3 Å². The maximum atomic E-state index is 14.5. The van der Waals surface area contributed by atoms with E-state index in [1.165, 1.54) is 55.1 Å². The highest BCUT2D eigenvalue weighted by atomic mass is 32.1. The molecule has 0 saturated carbocycles. The van der Waals surface area contributed by atoms with E-state index in [1.54, 1.807) is 50.8 Å². The second-order valence-corrected chi connectivity index (χ2v) is 11.9. The van der Waals surface area contributed by atoms with Crippen molar-refractivity contribution in [2.24, 2.45) is 0 Å². The zero-order chi connectivity index (χ0) is 30.9. The molecule has 226 valence electrons. The minimum Gasteiger partial charge on any atom is -0.496 e. The molecule has 0 radical (unpaired) electrons. The average molecular weight is 602 g/mol. The lowest BCUT2D eigenvalue weighted by atomic mass is 10.0. The number of aliphatic hydroxyl groups is 1. The fourth-order valence-corrected chi connectivity index (χ4v) is 6.00. The van der Waals surface area contributed by atoms with E-state index in [0.717, 1.165) is 4.57 Å². The molecule has 1 aromatic carbocycles. The number of thiophene rings is 1. The number of benzene rings is 1. The summed E-state index contributed by atoms with van der Waals surface area (Å²) in [5.74, 6) is -0.726. The van der Waals surface area contributed by atoms with Gasteiger partial charge in [0.05, 0.1) is 31.8 Å². The average Bonchev–Trinajstić information content (AvgIpc) is 3.56. The Kier molecular flexibility index (Phi) is 9.04. The van der Waals surface area contributed by atoms with E-state index in [2.05, 4.69) is 10.4 Å². The van der Waals surface area contributed by atoms with Crippen LogP contribution in [0.3, 0.4) is 0 Å². The number of aliphatic hydroxyl groups excluding tert-OH is 1. The van der Waals surface area contributed by atoms with Crippen LogP contribution in [0, 0.1) is 12.7 Å². The Hall–Kier alpha value is -3.81. The fraction of sp³-hybridized carbons (Fsp3) is 0.448. The molecular weight excluding hydrogens is 565 g/mol. The van der Waals surface area contributed by atoms with Crippen LogP contribution >= 0.6 is 11.3 Å². The second kappa shape index (κ2) is 12.2. The summed E-state index contributed by atoms with van der Waals surface area (Å²) < 4.78 is 29.9. The van der Waals surface area contributed by atoms with Crippen molar-refractivity contribution in [3.63, 3.8) is 0 Å². The zero-order valence-corrected chi connectivity index (χ0v) is 25.5. The van der Waals surface area contributed by atoms with Gasteiger partial charge in [0.15, 0.2) is 0 Å². The van der Waals surface area contributed by atoms with Gasteiger partial charge >= 0.3 is 5.69 Å². The van der Waals surface area contributed by atoms with Crippen LogP contribution in [0.15, 0.2) is 46.2 Å². The van der Waals surface area contributed by atoms with E-state index in [-0.39, 0.29) is 24.6 Å². The monoisotopic (exact) mass is 601 g/mol. The maximum Gasteiger partial charge on any atom is 0.333 e. The summed E-state index contributed by atoms with van der Waals surface area (Å²) in [7, 11) is 1.43. The highest BCUT2D eigenvalue weighted by molar-refractivity contribution is 7.21. The first-order chi connectivity index (χ1) is 19.8. The molecule has 0 aliphatic heterocycles. The van der Waals surface area contributed by atoms with Gasteiger partial charge < -0.3 is 19.9 Å². The molecule has 0 bridgehead atoms. The first-order valence-electron chi connectivity index (χ1n) is 13.5. The second-order valence-electron chi connectivity index (χ2n) is 10.9. The fourth-order valence-electron chi connectivity index (χ4n) is 4.76. The molecular formula is C29H36FN5O6S. The Bertz CT molecular complexity index is 1700. The number of aromatic nitrogens is 4. The molecule has 2 atom stereocenters. The van der Waals surface area contributed by atoms with E-state index in [0.29, 0.717) is 26.7 Å². The van der Waals surface area contributed by atoms with E-state index < -0.39 is 40.7 Å². The third kappa shape index (κ3) is 5.90. The lowest BCUT2D eigenvalue weighted by Gasteiger charge is -2.28. The van der Waals surface area contributed by atoms with Crippen molar-refractivity contribution < 1.29 is 23.8 Å². The molecule has 0 spiro atoms. The first kappa shape index (κ1) is 31.1. The lowest BCUT2D eigenvalue weighted by Crippen LogP contribution is -2.56. The van der Waals surface area contributed by atoms with Crippen molar-refractivity contribution >= 4 is 27.5 Å². The summed E-state index contributed by atoms with van der Waals surface area (Å²) in [5, 5.41) is 18.0. The van der Waals surface area contributed by atoms with Crippen LogP contribution in [0.4, 0.5) is 4.39 Å². The number of amides is 1. The molecule has 0 fully saturated rings. The van der Waals surface area contributed by atoms with Gasteiger partial charge in [-0.05, 0) is 65.8 Å².